The first-order valence-electron chi connectivity index (χ1n) is 5.93. The van der Waals surface area contributed by atoms with Gasteiger partial charge in [-0.1, -0.05) is 13.8 Å². The molecule has 0 aliphatic carbocycles. The van der Waals surface area contributed by atoms with E-state index in [1.165, 1.54) is 0 Å². The molecule has 4 nitrogen and oxygen atoms in total. The molecule has 0 spiro atoms. The maximum Gasteiger partial charge on any atom is 0.241 e. The highest BCUT2D eigenvalue weighted by atomic mass is 16.2. The number of hydrogen-bond acceptors (Lipinski definition) is 3. The Bertz CT molecular complexity index is 377. The van der Waals surface area contributed by atoms with Crippen molar-refractivity contribution in [3.8, 4) is 0 Å². The SMILES string of the molecule is CNC(CC(C)C)C(=O)Nc1ccncc1C. The molecule has 1 amide bonds. The van der Waals surface area contributed by atoms with Gasteiger partial charge in [-0.15, -0.1) is 0 Å². The van der Waals surface area contributed by atoms with Crippen molar-refractivity contribution in [3.05, 3.63) is 24.0 Å². The number of amides is 1. The van der Waals surface area contributed by atoms with Gasteiger partial charge < -0.3 is 10.6 Å². The van der Waals surface area contributed by atoms with E-state index in [0.29, 0.717) is 5.92 Å². The van der Waals surface area contributed by atoms with E-state index in [1.807, 2.05) is 20.0 Å². The summed E-state index contributed by atoms with van der Waals surface area (Å²) in [5.74, 6) is 0.493. The molecule has 0 bridgehead atoms. The molecule has 1 aromatic heterocycles. The molecule has 2 N–H and O–H groups in total. The number of aromatic nitrogens is 1. The summed E-state index contributed by atoms with van der Waals surface area (Å²) in [6.07, 6.45) is 4.25. The van der Waals surface area contributed by atoms with Crippen LogP contribution in [0.3, 0.4) is 0 Å². The normalized spacial score (nSPS) is 12.5. The maximum absolute atomic E-state index is 12.0. The minimum absolute atomic E-state index is 0.00972. The van der Waals surface area contributed by atoms with Gasteiger partial charge in [0.15, 0.2) is 0 Å². The first-order valence-corrected chi connectivity index (χ1v) is 5.93. The van der Waals surface area contributed by atoms with Crippen LogP contribution in [0.4, 0.5) is 5.69 Å². The zero-order chi connectivity index (χ0) is 12.8. The number of pyridine rings is 1. The highest BCUT2D eigenvalue weighted by molar-refractivity contribution is 5.95. The Labute approximate surface area is 103 Å². The van der Waals surface area contributed by atoms with Crippen molar-refractivity contribution in [2.75, 3.05) is 12.4 Å². The van der Waals surface area contributed by atoms with Gasteiger partial charge in [0.25, 0.3) is 0 Å². The lowest BCUT2D eigenvalue weighted by Crippen LogP contribution is -2.39. The number of carbonyl (C=O) groups excluding carboxylic acids is 1. The zero-order valence-electron chi connectivity index (χ0n) is 10.9. The first kappa shape index (κ1) is 13.6. The number of carbonyl (C=O) groups is 1. The minimum Gasteiger partial charge on any atom is -0.324 e. The van der Waals surface area contributed by atoms with Crippen LogP contribution in [-0.4, -0.2) is 24.0 Å². The lowest BCUT2D eigenvalue weighted by Gasteiger charge is -2.18. The van der Waals surface area contributed by atoms with Gasteiger partial charge in [-0.2, -0.15) is 0 Å². The van der Waals surface area contributed by atoms with E-state index in [9.17, 15) is 4.79 Å². The molecule has 1 heterocycles. The van der Waals surface area contributed by atoms with E-state index < -0.39 is 0 Å². The summed E-state index contributed by atoms with van der Waals surface area (Å²) in [4.78, 5) is 16.0. The predicted molar refractivity (Wildman–Crippen MR) is 69.9 cm³/mol. The molecule has 1 aromatic rings. The quantitative estimate of drug-likeness (QED) is 0.820. The minimum atomic E-state index is -0.150. The number of anilines is 1. The summed E-state index contributed by atoms with van der Waals surface area (Å²) >= 11 is 0. The molecular formula is C13H21N3O. The van der Waals surface area contributed by atoms with E-state index in [-0.39, 0.29) is 11.9 Å². The van der Waals surface area contributed by atoms with Gasteiger partial charge >= 0.3 is 0 Å². The van der Waals surface area contributed by atoms with Crippen LogP contribution in [-0.2, 0) is 4.79 Å². The third-order valence-corrected chi connectivity index (χ3v) is 2.65. The lowest BCUT2D eigenvalue weighted by molar-refractivity contribution is -0.118. The first-order chi connectivity index (χ1) is 8.04. The Morgan fingerprint density at radius 3 is 2.71 bits per heavy atom. The smallest absolute Gasteiger partial charge is 0.241 e. The summed E-state index contributed by atoms with van der Waals surface area (Å²) in [5.41, 5.74) is 1.80. The summed E-state index contributed by atoms with van der Waals surface area (Å²) in [7, 11) is 1.81. The molecular weight excluding hydrogens is 214 g/mol. The molecule has 17 heavy (non-hydrogen) atoms. The van der Waals surface area contributed by atoms with Crippen molar-refractivity contribution in [3.63, 3.8) is 0 Å². The number of rotatable bonds is 5. The average molecular weight is 235 g/mol. The fourth-order valence-corrected chi connectivity index (χ4v) is 1.66. The Morgan fingerprint density at radius 2 is 2.18 bits per heavy atom. The summed E-state index contributed by atoms with van der Waals surface area (Å²) in [6.45, 7) is 6.14. The second-order valence-corrected chi connectivity index (χ2v) is 4.65. The molecule has 1 atom stereocenters. The molecule has 4 heteroatoms. The van der Waals surface area contributed by atoms with Crippen molar-refractivity contribution >= 4 is 11.6 Å². The molecule has 0 fully saturated rings. The number of nitrogens with one attached hydrogen (secondary N) is 2. The van der Waals surface area contributed by atoms with Crippen LogP contribution >= 0.6 is 0 Å². The Kier molecular flexibility index (Phi) is 5.10. The van der Waals surface area contributed by atoms with Crippen molar-refractivity contribution < 1.29 is 4.79 Å². The summed E-state index contributed by atoms with van der Waals surface area (Å²) < 4.78 is 0. The Balaban J connectivity index is 2.67. The molecule has 0 aromatic carbocycles. The van der Waals surface area contributed by atoms with Crippen LogP contribution < -0.4 is 10.6 Å². The van der Waals surface area contributed by atoms with Gasteiger partial charge in [-0.05, 0) is 37.9 Å². The number of aryl methyl sites for hydroxylation is 1. The van der Waals surface area contributed by atoms with Crippen LogP contribution in [0, 0.1) is 12.8 Å². The second kappa shape index (κ2) is 6.35. The number of hydrogen-bond donors (Lipinski definition) is 2. The molecule has 0 saturated carbocycles. The molecule has 0 aliphatic rings. The fourth-order valence-electron chi connectivity index (χ4n) is 1.66. The average Bonchev–Trinajstić information content (AvgIpc) is 2.28. The molecule has 94 valence electrons. The van der Waals surface area contributed by atoms with Gasteiger partial charge in [-0.25, -0.2) is 0 Å². The van der Waals surface area contributed by atoms with Gasteiger partial charge in [0.1, 0.15) is 0 Å². The van der Waals surface area contributed by atoms with Crippen LogP contribution in [0.25, 0.3) is 0 Å². The third kappa shape index (κ3) is 4.15. The summed E-state index contributed by atoms with van der Waals surface area (Å²) in [6, 6.07) is 1.66. The third-order valence-electron chi connectivity index (χ3n) is 2.65. The Morgan fingerprint density at radius 1 is 1.47 bits per heavy atom. The maximum atomic E-state index is 12.0. The van der Waals surface area contributed by atoms with Gasteiger partial charge in [-0.3, -0.25) is 9.78 Å². The monoisotopic (exact) mass is 235 g/mol. The van der Waals surface area contributed by atoms with Crippen molar-refractivity contribution in [1.29, 1.82) is 0 Å². The predicted octanol–water partition coefficient (Wildman–Crippen LogP) is 1.96. The van der Waals surface area contributed by atoms with Crippen molar-refractivity contribution in [2.24, 2.45) is 5.92 Å². The van der Waals surface area contributed by atoms with Crippen LogP contribution in [0.5, 0.6) is 0 Å². The van der Waals surface area contributed by atoms with E-state index in [1.54, 1.807) is 12.4 Å². The van der Waals surface area contributed by atoms with Crippen LogP contribution in [0.1, 0.15) is 25.8 Å². The fraction of sp³-hybridized carbons (Fsp3) is 0.538. The highest BCUT2D eigenvalue weighted by Crippen LogP contribution is 2.13. The molecule has 0 saturated heterocycles. The lowest BCUT2D eigenvalue weighted by atomic mass is 10.0. The molecule has 1 rings (SSSR count). The number of nitrogens with zero attached hydrogens (tertiary/aromatic N) is 1. The van der Waals surface area contributed by atoms with Crippen molar-refractivity contribution in [2.45, 2.75) is 33.2 Å². The summed E-state index contributed by atoms with van der Waals surface area (Å²) in [5, 5.41) is 5.97. The molecule has 0 aliphatic heterocycles. The second-order valence-electron chi connectivity index (χ2n) is 4.65. The van der Waals surface area contributed by atoms with Gasteiger partial charge in [0, 0.05) is 18.1 Å². The van der Waals surface area contributed by atoms with Crippen molar-refractivity contribution in [1.82, 2.24) is 10.3 Å². The van der Waals surface area contributed by atoms with Gasteiger partial charge in [0.05, 0.1) is 6.04 Å². The number of likely N-dealkylation sites (N-methyl/N-ethyl adjacent to an activating group) is 1. The molecule has 1 unspecified atom stereocenters. The Hall–Kier alpha value is -1.42. The van der Waals surface area contributed by atoms with Crippen LogP contribution in [0.2, 0.25) is 0 Å². The van der Waals surface area contributed by atoms with Gasteiger partial charge in [0.2, 0.25) is 5.91 Å². The molecule has 0 radical (unpaired) electrons. The highest BCUT2D eigenvalue weighted by Gasteiger charge is 2.18. The van der Waals surface area contributed by atoms with E-state index >= 15 is 0 Å². The zero-order valence-corrected chi connectivity index (χ0v) is 10.9. The standard InChI is InChI=1S/C13H21N3O/c1-9(2)7-12(14-4)13(17)16-11-5-6-15-8-10(11)3/h5-6,8-9,12,14H,7H2,1-4H3,(H,15,16,17). The van der Waals surface area contributed by atoms with E-state index in [0.717, 1.165) is 17.7 Å². The largest absolute Gasteiger partial charge is 0.324 e. The topological polar surface area (TPSA) is 54.0 Å². The van der Waals surface area contributed by atoms with E-state index in [2.05, 4.69) is 29.5 Å². The van der Waals surface area contributed by atoms with Crippen LogP contribution in [0.15, 0.2) is 18.5 Å². The van der Waals surface area contributed by atoms with E-state index in [4.69, 9.17) is 0 Å².